The van der Waals surface area contributed by atoms with Crippen molar-refractivity contribution >= 4 is 39.9 Å². The van der Waals surface area contributed by atoms with Gasteiger partial charge in [-0.25, -0.2) is 0 Å². The van der Waals surface area contributed by atoms with Gasteiger partial charge >= 0.3 is 0 Å². The molecule has 0 unspecified atom stereocenters. The Bertz CT molecular complexity index is 1410. The maximum Gasteiger partial charge on any atom is 0.234 e. The van der Waals surface area contributed by atoms with Gasteiger partial charge in [-0.1, -0.05) is 48.5 Å². The molecule has 0 radical (unpaired) electrons. The summed E-state index contributed by atoms with van der Waals surface area (Å²) in [6.07, 6.45) is 0. The summed E-state index contributed by atoms with van der Waals surface area (Å²) in [4.78, 5) is 26.7. The first-order valence-electron chi connectivity index (χ1n) is 10.4. The molecular weight excluding hydrogens is 434 g/mol. The Kier molecular flexibility index (Phi) is 5.52. The number of rotatable bonds is 6. The molecule has 5 rings (SSSR count). The molecule has 0 aromatic heterocycles. The normalized spacial score (nSPS) is 11.8. The minimum atomic E-state index is -0.130. The number of hydrogen-bond donors (Lipinski definition) is 1. The van der Waals surface area contributed by atoms with E-state index in [2.05, 4.69) is 5.32 Å². The summed E-state index contributed by atoms with van der Waals surface area (Å²) in [5, 5.41) is 4.84. The van der Waals surface area contributed by atoms with Crippen molar-refractivity contribution in [3.05, 3.63) is 83.9 Å². The molecule has 0 atom stereocenters. The fourth-order valence-electron chi connectivity index (χ4n) is 4.23. The molecule has 1 aliphatic rings. The van der Waals surface area contributed by atoms with Gasteiger partial charge in [0, 0.05) is 33.2 Å². The van der Waals surface area contributed by atoms with Crippen LogP contribution in [0, 0.1) is 0 Å². The number of hydrogen-bond acceptors (Lipinski definition) is 5. The number of ketones is 1. The average molecular weight is 456 g/mol. The highest BCUT2D eigenvalue weighted by Gasteiger charge is 2.25. The zero-order valence-corrected chi connectivity index (χ0v) is 19.0. The molecule has 1 N–H and O–H groups in total. The molecule has 4 aromatic rings. The summed E-state index contributed by atoms with van der Waals surface area (Å²) in [5.74, 6) is 1.30. The third kappa shape index (κ3) is 3.72. The summed E-state index contributed by atoms with van der Waals surface area (Å²) < 4.78 is 10.5. The van der Waals surface area contributed by atoms with E-state index in [0.29, 0.717) is 22.7 Å². The van der Waals surface area contributed by atoms with E-state index < -0.39 is 0 Å². The van der Waals surface area contributed by atoms with E-state index in [1.54, 1.807) is 32.4 Å². The first kappa shape index (κ1) is 21.1. The van der Waals surface area contributed by atoms with E-state index in [1.165, 1.54) is 11.8 Å². The standard InChI is InChI=1S/C27H21NO4S/c1-31-22-12-10-16(14-23(22)32-2)28-25(29)15-33-24-13-11-18-17-6-3-4-7-19(17)27(30)21-9-5-8-20(24)26(18)21/h3-14H,15H2,1-2H3,(H,28,29). The topological polar surface area (TPSA) is 64.6 Å². The van der Waals surface area contributed by atoms with Crippen molar-refractivity contribution in [2.24, 2.45) is 0 Å². The molecule has 0 bridgehead atoms. The van der Waals surface area contributed by atoms with Crippen molar-refractivity contribution in [1.29, 1.82) is 0 Å². The lowest BCUT2D eigenvalue weighted by Gasteiger charge is -2.21. The lowest BCUT2D eigenvalue weighted by Crippen LogP contribution is -2.14. The van der Waals surface area contributed by atoms with Crippen LogP contribution in [0.1, 0.15) is 15.9 Å². The summed E-state index contributed by atoms with van der Waals surface area (Å²) >= 11 is 1.45. The maximum absolute atomic E-state index is 13.1. The number of methoxy groups -OCH3 is 2. The minimum Gasteiger partial charge on any atom is -0.493 e. The van der Waals surface area contributed by atoms with Crippen molar-refractivity contribution in [3.8, 4) is 22.6 Å². The van der Waals surface area contributed by atoms with Crippen LogP contribution < -0.4 is 14.8 Å². The summed E-state index contributed by atoms with van der Waals surface area (Å²) in [7, 11) is 3.12. The Morgan fingerprint density at radius 1 is 0.818 bits per heavy atom. The van der Waals surface area contributed by atoms with Crippen LogP contribution in [-0.2, 0) is 4.79 Å². The fraction of sp³-hybridized carbons (Fsp3) is 0.111. The van der Waals surface area contributed by atoms with Gasteiger partial charge in [0.25, 0.3) is 0 Å². The second kappa shape index (κ2) is 8.64. The molecule has 5 nitrogen and oxygen atoms in total. The SMILES string of the molecule is COc1ccc(NC(=O)CSc2ccc3c4c(cccc24)C(=O)c2ccccc2-3)cc1OC. The molecule has 0 saturated carbocycles. The highest BCUT2D eigenvalue weighted by Crippen LogP contribution is 2.42. The Morgan fingerprint density at radius 3 is 2.36 bits per heavy atom. The average Bonchev–Trinajstić information content (AvgIpc) is 2.86. The Balaban J connectivity index is 1.41. The van der Waals surface area contributed by atoms with Crippen LogP contribution in [0.3, 0.4) is 0 Å². The zero-order valence-electron chi connectivity index (χ0n) is 18.2. The molecule has 1 aliphatic carbocycles. The van der Waals surface area contributed by atoms with Gasteiger partial charge in [0.2, 0.25) is 5.91 Å². The van der Waals surface area contributed by atoms with Crippen LogP contribution >= 0.6 is 11.8 Å². The smallest absolute Gasteiger partial charge is 0.234 e. The van der Waals surface area contributed by atoms with Gasteiger partial charge in [-0.2, -0.15) is 0 Å². The van der Waals surface area contributed by atoms with E-state index >= 15 is 0 Å². The number of carbonyl (C=O) groups is 2. The molecule has 0 heterocycles. The van der Waals surface area contributed by atoms with Gasteiger partial charge in [0.1, 0.15) is 0 Å². The number of amides is 1. The third-order valence-corrected chi connectivity index (χ3v) is 6.81. The quantitative estimate of drug-likeness (QED) is 0.328. The second-order valence-electron chi connectivity index (χ2n) is 7.62. The van der Waals surface area contributed by atoms with E-state index in [0.717, 1.165) is 32.4 Å². The summed E-state index contributed by atoms with van der Waals surface area (Å²) in [6, 6.07) is 22.8. The maximum atomic E-state index is 13.1. The van der Waals surface area contributed by atoms with Crippen LogP contribution in [0.2, 0.25) is 0 Å². The first-order chi connectivity index (χ1) is 16.1. The Hall–Kier alpha value is -3.77. The van der Waals surface area contributed by atoms with E-state index in [9.17, 15) is 9.59 Å². The van der Waals surface area contributed by atoms with E-state index in [-0.39, 0.29) is 17.4 Å². The zero-order chi connectivity index (χ0) is 22.9. The number of carbonyl (C=O) groups excluding carboxylic acids is 2. The van der Waals surface area contributed by atoms with Crippen LogP contribution in [0.25, 0.3) is 21.9 Å². The number of anilines is 1. The van der Waals surface area contributed by atoms with Crippen LogP contribution in [-0.4, -0.2) is 31.7 Å². The highest BCUT2D eigenvalue weighted by atomic mass is 32.2. The number of thioether (sulfide) groups is 1. The minimum absolute atomic E-state index is 0.0389. The van der Waals surface area contributed by atoms with Crippen molar-refractivity contribution in [3.63, 3.8) is 0 Å². The molecule has 164 valence electrons. The van der Waals surface area contributed by atoms with Gasteiger partial charge in [-0.3, -0.25) is 9.59 Å². The number of fused-ring (bicyclic) bond motifs is 2. The Morgan fingerprint density at radius 2 is 1.58 bits per heavy atom. The van der Waals surface area contributed by atoms with Gasteiger partial charge in [-0.15, -0.1) is 11.8 Å². The number of benzene rings is 4. The van der Waals surface area contributed by atoms with Gasteiger partial charge in [0.15, 0.2) is 17.3 Å². The van der Waals surface area contributed by atoms with E-state index in [1.807, 2.05) is 54.6 Å². The molecular formula is C27H21NO4S. The second-order valence-corrected chi connectivity index (χ2v) is 8.64. The lowest BCUT2D eigenvalue weighted by molar-refractivity contribution is -0.113. The van der Waals surface area contributed by atoms with Crippen molar-refractivity contribution < 1.29 is 19.1 Å². The lowest BCUT2D eigenvalue weighted by atomic mass is 9.83. The van der Waals surface area contributed by atoms with Crippen molar-refractivity contribution in [1.82, 2.24) is 0 Å². The Labute approximate surface area is 195 Å². The van der Waals surface area contributed by atoms with Crippen molar-refractivity contribution in [2.75, 3.05) is 25.3 Å². The molecule has 0 saturated heterocycles. The van der Waals surface area contributed by atoms with Gasteiger partial charge < -0.3 is 14.8 Å². The largest absolute Gasteiger partial charge is 0.493 e. The monoisotopic (exact) mass is 455 g/mol. The number of nitrogens with one attached hydrogen (secondary N) is 1. The number of ether oxygens (including phenoxy) is 2. The molecule has 1 amide bonds. The highest BCUT2D eigenvalue weighted by molar-refractivity contribution is 8.00. The fourth-order valence-corrected chi connectivity index (χ4v) is 5.08. The molecule has 0 aliphatic heterocycles. The van der Waals surface area contributed by atoms with Crippen LogP contribution in [0.4, 0.5) is 5.69 Å². The van der Waals surface area contributed by atoms with Gasteiger partial charge in [0.05, 0.1) is 20.0 Å². The van der Waals surface area contributed by atoms with Crippen LogP contribution in [0.5, 0.6) is 11.5 Å². The molecule has 4 aromatic carbocycles. The van der Waals surface area contributed by atoms with Crippen molar-refractivity contribution in [2.45, 2.75) is 4.90 Å². The first-order valence-corrected chi connectivity index (χ1v) is 11.4. The molecule has 0 spiro atoms. The third-order valence-electron chi connectivity index (χ3n) is 5.73. The molecule has 0 fully saturated rings. The van der Waals surface area contributed by atoms with Crippen LogP contribution in [0.15, 0.2) is 77.7 Å². The molecule has 6 heteroatoms. The van der Waals surface area contributed by atoms with E-state index in [4.69, 9.17) is 9.47 Å². The molecule has 33 heavy (non-hydrogen) atoms. The van der Waals surface area contributed by atoms with Gasteiger partial charge in [-0.05, 0) is 34.7 Å². The summed E-state index contributed by atoms with van der Waals surface area (Å²) in [5.41, 5.74) is 4.08. The predicted octanol–water partition coefficient (Wildman–Crippen LogP) is 5.80. The summed E-state index contributed by atoms with van der Waals surface area (Å²) in [6.45, 7) is 0. The predicted molar refractivity (Wildman–Crippen MR) is 132 cm³/mol.